The van der Waals surface area contributed by atoms with E-state index in [0.29, 0.717) is 6.54 Å². The number of carbonyl (C=O) groups is 1. The van der Waals surface area contributed by atoms with E-state index in [9.17, 15) is 13.2 Å². The van der Waals surface area contributed by atoms with Crippen molar-refractivity contribution in [2.75, 3.05) is 18.6 Å². The number of hydrogen-bond donors (Lipinski definition) is 1. The van der Waals surface area contributed by atoms with Crippen molar-refractivity contribution in [1.29, 1.82) is 0 Å². The molecule has 0 spiro atoms. The molecule has 0 fully saturated rings. The smallest absolute Gasteiger partial charge is 0.251 e. The third kappa shape index (κ3) is 6.06. The highest BCUT2D eigenvalue weighted by Gasteiger charge is 2.15. The number of halogens is 1. The van der Waals surface area contributed by atoms with Gasteiger partial charge in [0.25, 0.3) is 5.91 Å². The lowest BCUT2D eigenvalue weighted by atomic mass is 10.2. The van der Waals surface area contributed by atoms with Gasteiger partial charge in [0, 0.05) is 29.9 Å². The van der Waals surface area contributed by atoms with E-state index in [4.69, 9.17) is 11.6 Å². The van der Waals surface area contributed by atoms with E-state index in [0.717, 1.165) is 17.8 Å². The molecule has 1 amide bonds. The van der Waals surface area contributed by atoms with Crippen LogP contribution < -0.4 is 5.32 Å². The predicted octanol–water partition coefficient (Wildman–Crippen LogP) is 3.72. The number of amides is 1. The minimum absolute atomic E-state index is 0.0319. The van der Waals surface area contributed by atoms with Gasteiger partial charge in [-0.15, -0.1) is 0 Å². The molecule has 0 radical (unpaired) electrons. The summed E-state index contributed by atoms with van der Waals surface area (Å²) in [6, 6.07) is 12.6. The number of rotatable bonds is 7. The molecule has 2 aromatic carbocycles. The summed E-state index contributed by atoms with van der Waals surface area (Å²) in [5.74, 6) is 1.35. The second-order valence-corrected chi connectivity index (χ2v) is 9.21. The van der Waals surface area contributed by atoms with Gasteiger partial charge in [0.1, 0.15) is 0 Å². The molecule has 2 rings (SSSR count). The molecule has 2 aromatic rings. The van der Waals surface area contributed by atoms with Crippen LogP contribution in [0.5, 0.6) is 0 Å². The highest BCUT2D eigenvalue weighted by atomic mass is 35.5. The fourth-order valence-electron chi connectivity index (χ4n) is 2.14. The third-order valence-corrected chi connectivity index (χ3v) is 6.12. The Morgan fingerprint density at radius 2 is 1.84 bits per heavy atom. The fraction of sp³-hybridized carbons (Fsp3) is 0.278. The first-order valence-electron chi connectivity index (χ1n) is 7.68. The first-order valence-corrected chi connectivity index (χ1v) is 11.1. The molecular formula is C18H20ClNO3S2. The summed E-state index contributed by atoms with van der Waals surface area (Å²) in [6.07, 6.45) is 1.07. The number of thioether (sulfide) groups is 1. The van der Waals surface area contributed by atoms with Crippen LogP contribution in [-0.4, -0.2) is 32.9 Å². The highest BCUT2D eigenvalue weighted by molar-refractivity contribution is 7.98. The Hall–Kier alpha value is -1.50. The van der Waals surface area contributed by atoms with E-state index >= 15 is 0 Å². The number of hydrogen-bond acceptors (Lipinski definition) is 4. The normalized spacial score (nSPS) is 11.3. The van der Waals surface area contributed by atoms with Crippen LogP contribution >= 0.6 is 23.4 Å². The highest BCUT2D eigenvalue weighted by Crippen LogP contribution is 2.22. The predicted molar refractivity (Wildman–Crippen MR) is 104 cm³/mol. The maximum atomic E-state index is 12.1. The Labute approximate surface area is 157 Å². The lowest BCUT2D eigenvalue weighted by Crippen LogP contribution is -2.26. The maximum Gasteiger partial charge on any atom is 0.251 e. The number of nitrogens with one attached hydrogen (secondary N) is 1. The SMILES string of the molecule is Cc1ccc(CSCCNC(=O)c2ccc(Cl)c(S(C)(=O)=O)c2)cc1. The summed E-state index contributed by atoms with van der Waals surface area (Å²) in [4.78, 5) is 12.1. The second-order valence-electron chi connectivity index (χ2n) is 5.71. The van der Waals surface area contributed by atoms with Gasteiger partial charge in [0.05, 0.1) is 9.92 Å². The van der Waals surface area contributed by atoms with Gasteiger partial charge in [-0.2, -0.15) is 11.8 Å². The fourth-order valence-corrected chi connectivity index (χ4v) is 4.26. The summed E-state index contributed by atoms with van der Waals surface area (Å²) in [5.41, 5.74) is 2.77. The molecule has 0 aliphatic rings. The van der Waals surface area contributed by atoms with Crippen molar-refractivity contribution in [3.8, 4) is 0 Å². The molecule has 134 valence electrons. The molecule has 0 unspecified atom stereocenters. The van der Waals surface area contributed by atoms with Crippen LogP contribution in [0.15, 0.2) is 47.4 Å². The van der Waals surface area contributed by atoms with Gasteiger partial charge in [0.15, 0.2) is 9.84 Å². The van der Waals surface area contributed by atoms with E-state index < -0.39 is 9.84 Å². The molecule has 0 saturated carbocycles. The van der Waals surface area contributed by atoms with Crippen LogP contribution in [0.25, 0.3) is 0 Å². The molecule has 0 aromatic heterocycles. The number of aryl methyl sites for hydroxylation is 1. The second kappa shape index (κ2) is 8.74. The zero-order chi connectivity index (χ0) is 18.4. The van der Waals surface area contributed by atoms with Crippen molar-refractivity contribution in [1.82, 2.24) is 5.32 Å². The zero-order valence-corrected chi connectivity index (χ0v) is 16.5. The Bertz CT molecular complexity index is 849. The Morgan fingerprint density at radius 3 is 2.48 bits per heavy atom. The van der Waals surface area contributed by atoms with Gasteiger partial charge >= 0.3 is 0 Å². The largest absolute Gasteiger partial charge is 0.351 e. The van der Waals surface area contributed by atoms with Crippen molar-refractivity contribution in [2.24, 2.45) is 0 Å². The quantitative estimate of drug-likeness (QED) is 0.723. The monoisotopic (exact) mass is 397 g/mol. The van der Waals surface area contributed by atoms with Gasteiger partial charge in [-0.3, -0.25) is 4.79 Å². The van der Waals surface area contributed by atoms with Crippen LogP contribution in [0.2, 0.25) is 5.02 Å². The van der Waals surface area contributed by atoms with Crippen LogP contribution in [0.4, 0.5) is 0 Å². The minimum Gasteiger partial charge on any atom is -0.351 e. The molecule has 0 atom stereocenters. The van der Waals surface area contributed by atoms with Crippen LogP contribution in [-0.2, 0) is 15.6 Å². The number of benzene rings is 2. The lowest BCUT2D eigenvalue weighted by molar-refractivity contribution is 0.0956. The van der Waals surface area contributed by atoms with Crippen molar-refractivity contribution in [2.45, 2.75) is 17.6 Å². The molecule has 0 heterocycles. The number of sulfone groups is 1. The summed E-state index contributed by atoms with van der Waals surface area (Å²) in [7, 11) is -3.47. The van der Waals surface area contributed by atoms with Crippen LogP contribution in [0.1, 0.15) is 21.5 Å². The van der Waals surface area contributed by atoms with Crippen molar-refractivity contribution in [3.63, 3.8) is 0 Å². The maximum absolute atomic E-state index is 12.1. The molecule has 0 aliphatic carbocycles. The van der Waals surface area contributed by atoms with Gasteiger partial charge in [-0.05, 0) is 30.7 Å². The van der Waals surface area contributed by atoms with Gasteiger partial charge in [-0.1, -0.05) is 41.4 Å². The molecule has 25 heavy (non-hydrogen) atoms. The van der Waals surface area contributed by atoms with Crippen LogP contribution in [0.3, 0.4) is 0 Å². The third-order valence-electron chi connectivity index (χ3n) is 3.51. The first kappa shape index (κ1) is 19.8. The van der Waals surface area contributed by atoms with Gasteiger partial charge in [0.2, 0.25) is 0 Å². The summed E-state index contributed by atoms with van der Waals surface area (Å²) < 4.78 is 23.3. The molecule has 0 aliphatic heterocycles. The summed E-state index contributed by atoms with van der Waals surface area (Å²) in [5, 5.41) is 2.91. The average Bonchev–Trinajstić information content (AvgIpc) is 2.55. The molecule has 1 N–H and O–H groups in total. The number of carbonyl (C=O) groups excluding carboxylic acids is 1. The van der Waals surface area contributed by atoms with Crippen molar-refractivity contribution < 1.29 is 13.2 Å². The van der Waals surface area contributed by atoms with Gasteiger partial charge < -0.3 is 5.32 Å². The molecular weight excluding hydrogens is 378 g/mol. The Balaban J connectivity index is 1.83. The van der Waals surface area contributed by atoms with E-state index in [1.165, 1.54) is 29.3 Å². The van der Waals surface area contributed by atoms with E-state index in [2.05, 4.69) is 36.5 Å². The summed E-state index contributed by atoms with van der Waals surface area (Å²) >= 11 is 7.61. The van der Waals surface area contributed by atoms with E-state index in [1.54, 1.807) is 11.8 Å². The molecule has 0 saturated heterocycles. The Kier molecular flexibility index (Phi) is 6.93. The van der Waals surface area contributed by atoms with Gasteiger partial charge in [-0.25, -0.2) is 8.42 Å². The molecule has 7 heteroatoms. The van der Waals surface area contributed by atoms with Crippen LogP contribution in [0, 0.1) is 6.92 Å². The molecule has 4 nitrogen and oxygen atoms in total. The van der Waals surface area contributed by atoms with E-state index in [1.807, 2.05) is 0 Å². The topological polar surface area (TPSA) is 63.2 Å². The average molecular weight is 398 g/mol. The van der Waals surface area contributed by atoms with Crippen molar-refractivity contribution >= 4 is 39.1 Å². The standard InChI is InChI=1S/C18H20ClNO3S2/c1-13-3-5-14(6-4-13)12-24-10-9-20-18(21)15-7-8-16(19)17(11-15)25(2,22)23/h3-8,11H,9-10,12H2,1-2H3,(H,20,21). The Morgan fingerprint density at radius 1 is 1.16 bits per heavy atom. The first-order chi connectivity index (χ1) is 11.8. The minimum atomic E-state index is -3.47. The molecule has 0 bridgehead atoms. The van der Waals surface area contributed by atoms with E-state index in [-0.39, 0.29) is 21.4 Å². The summed E-state index contributed by atoms with van der Waals surface area (Å²) in [6.45, 7) is 2.56. The zero-order valence-electron chi connectivity index (χ0n) is 14.1. The lowest BCUT2D eigenvalue weighted by Gasteiger charge is -2.08. The van der Waals surface area contributed by atoms with Crippen molar-refractivity contribution in [3.05, 3.63) is 64.2 Å².